The van der Waals surface area contributed by atoms with E-state index in [1.807, 2.05) is 31.6 Å². The average molecular weight is 348 g/mol. The molecule has 7 nitrogen and oxygen atoms in total. The number of amides is 1. The van der Waals surface area contributed by atoms with E-state index in [1.54, 1.807) is 10.9 Å². The molecule has 3 heterocycles. The zero-order valence-electron chi connectivity index (χ0n) is 12.7. The molecule has 0 bridgehead atoms. The van der Waals surface area contributed by atoms with E-state index < -0.39 is 0 Å². The van der Waals surface area contributed by atoms with Crippen LogP contribution >= 0.6 is 22.7 Å². The highest BCUT2D eigenvalue weighted by molar-refractivity contribution is 7.17. The number of aryl methyl sites for hydroxylation is 1. The minimum absolute atomic E-state index is 0.140. The van der Waals surface area contributed by atoms with Crippen LogP contribution < -0.4 is 10.6 Å². The van der Waals surface area contributed by atoms with Gasteiger partial charge in [-0.25, -0.2) is 9.97 Å². The molecule has 120 valence electrons. The molecule has 0 aliphatic heterocycles. The number of carbonyl (C=O) groups excluding carboxylic acids is 1. The SMILES string of the molecule is CCNc1ncc(C(=O)NCc2csc(-c3ccn(C)n3)n2)s1. The summed E-state index contributed by atoms with van der Waals surface area (Å²) in [7, 11) is 1.87. The molecule has 0 aliphatic carbocycles. The summed E-state index contributed by atoms with van der Waals surface area (Å²) in [5.74, 6) is -0.140. The van der Waals surface area contributed by atoms with E-state index in [1.165, 1.54) is 22.7 Å². The Morgan fingerprint density at radius 2 is 2.30 bits per heavy atom. The van der Waals surface area contributed by atoms with Crippen LogP contribution in [0, 0.1) is 0 Å². The smallest absolute Gasteiger partial charge is 0.263 e. The van der Waals surface area contributed by atoms with Crippen LogP contribution in [-0.2, 0) is 13.6 Å². The van der Waals surface area contributed by atoms with Gasteiger partial charge in [-0.2, -0.15) is 5.10 Å². The van der Waals surface area contributed by atoms with E-state index in [2.05, 4.69) is 25.7 Å². The lowest BCUT2D eigenvalue weighted by Crippen LogP contribution is -2.21. The van der Waals surface area contributed by atoms with Crippen molar-refractivity contribution in [1.82, 2.24) is 25.1 Å². The number of nitrogens with zero attached hydrogens (tertiary/aromatic N) is 4. The van der Waals surface area contributed by atoms with Gasteiger partial charge in [-0.15, -0.1) is 11.3 Å². The molecular weight excluding hydrogens is 332 g/mol. The summed E-state index contributed by atoms with van der Waals surface area (Å²) < 4.78 is 1.74. The molecule has 0 atom stereocenters. The van der Waals surface area contributed by atoms with Gasteiger partial charge in [0.1, 0.15) is 15.6 Å². The molecule has 1 amide bonds. The Labute approximate surface area is 141 Å². The molecular formula is C14H16N6OS2. The second-order valence-corrected chi connectivity index (χ2v) is 6.65. The quantitative estimate of drug-likeness (QED) is 0.714. The molecule has 0 unspecified atom stereocenters. The lowest BCUT2D eigenvalue weighted by molar-refractivity contribution is 0.0954. The zero-order chi connectivity index (χ0) is 16.2. The molecule has 0 saturated heterocycles. The highest BCUT2D eigenvalue weighted by Gasteiger charge is 2.12. The fraction of sp³-hybridized carbons (Fsp3) is 0.286. The van der Waals surface area contributed by atoms with Crippen LogP contribution in [0.5, 0.6) is 0 Å². The van der Waals surface area contributed by atoms with Crippen molar-refractivity contribution in [3.8, 4) is 10.7 Å². The molecule has 0 aromatic carbocycles. The molecule has 3 aromatic heterocycles. The van der Waals surface area contributed by atoms with Crippen molar-refractivity contribution in [3.05, 3.63) is 34.4 Å². The number of anilines is 1. The molecule has 9 heteroatoms. The number of hydrogen-bond acceptors (Lipinski definition) is 7. The van der Waals surface area contributed by atoms with E-state index >= 15 is 0 Å². The topological polar surface area (TPSA) is 84.7 Å². The van der Waals surface area contributed by atoms with Crippen molar-refractivity contribution in [1.29, 1.82) is 0 Å². The lowest BCUT2D eigenvalue weighted by Gasteiger charge is -2.00. The first-order valence-electron chi connectivity index (χ1n) is 7.08. The molecule has 0 radical (unpaired) electrons. The summed E-state index contributed by atoms with van der Waals surface area (Å²) in [6.07, 6.45) is 3.46. The largest absolute Gasteiger partial charge is 0.362 e. The molecule has 0 saturated carbocycles. The predicted octanol–water partition coefficient (Wildman–Crippen LogP) is 2.36. The first-order valence-corrected chi connectivity index (χ1v) is 8.77. The van der Waals surface area contributed by atoms with Gasteiger partial charge < -0.3 is 10.6 Å². The monoisotopic (exact) mass is 348 g/mol. The van der Waals surface area contributed by atoms with Gasteiger partial charge in [-0.3, -0.25) is 9.48 Å². The summed E-state index contributed by atoms with van der Waals surface area (Å²) in [6.45, 7) is 3.16. The van der Waals surface area contributed by atoms with Gasteiger partial charge in [0.2, 0.25) is 0 Å². The highest BCUT2D eigenvalue weighted by atomic mass is 32.1. The van der Waals surface area contributed by atoms with Gasteiger partial charge in [0.05, 0.1) is 18.4 Å². The fourth-order valence-corrected chi connectivity index (χ4v) is 3.49. The van der Waals surface area contributed by atoms with E-state index in [0.29, 0.717) is 11.4 Å². The van der Waals surface area contributed by atoms with E-state index in [9.17, 15) is 4.79 Å². The van der Waals surface area contributed by atoms with Crippen molar-refractivity contribution in [2.45, 2.75) is 13.5 Å². The van der Waals surface area contributed by atoms with Crippen molar-refractivity contribution in [2.24, 2.45) is 7.05 Å². The molecule has 0 spiro atoms. The fourth-order valence-electron chi connectivity index (χ4n) is 1.90. The zero-order valence-corrected chi connectivity index (χ0v) is 14.4. The Bertz CT molecular complexity index is 806. The second-order valence-electron chi connectivity index (χ2n) is 4.76. The van der Waals surface area contributed by atoms with Crippen LogP contribution in [0.1, 0.15) is 22.3 Å². The Balaban J connectivity index is 1.59. The number of carbonyl (C=O) groups is 1. The maximum Gasteiger partial charge on any atom is 0.263 e. The molecule has 0 fully saturated rings. The molecule has 0 aliphatic rings. The normalized spacial score (nSPS) is 10.7. The van der Waals surface area contributed by atoms with Gasteiger partial charge in [0, 0.05) is 25.2 Å². The number of aromatic nitrogens is 4. The minimum Gasteiger partial charge on any atom is -0.362 e. The van der Waals surface area contributed by atoms with E-state index in [-0.39, 0.29) is 5.91 Å². The Kier molecular flexibility index (Phi) is 4.68. The summed E-state index contributed by atoms with van der Waals surface area (Å²) in [5.41, 5.74) is 1.66. The van der Waals surface area contributed by atoms with Crippen LogP contribution in [0.3, 0.4) is 0 Å². The van der Waals surface area contributed by atoms with Crippen LogP contribution in [0.25, 0.3) is 10.7 Å². The van der Waals surface area contributed by atoms with Crippen molar-refractivity contribution >= 4 is 33.7 Å². The summed E-state index contributed by atoms with van der Waals surface area (Å²) in [4.78, 5) is 21.3. The Morgan fingerprint density at radius 1 is 1.43 bits per heavy atom. The number of thiazole rings is 2. The van der Waals surface area contributed by atoms with Gasteiger partial charge >= 0.3 is 0 Å². The van der Waals surface area contributed by atoms with Crippen molar-refractivity contribution < 1.29 is 4.79 Å². The third-order valence-corrected chi connectivity index (χ3v) is 4.84. The van der Waals surface area contributed by atoms with Crippen LogP contribution in [0.2, 0.25) is 0 Å². The van der Waals surface area contributed by atoms with Crippen LogP contribution in [0.15, 0.2) is 23.8 Å². The van der Waals surface area contributed by atoms with Crippen molar-refractivity contribution in [3.63, 3.8) is 0 Å². The first kappa shape index (κ1) is 15.6. The van der Waals surface area contributed by atoms with Crippen LogP contribution in [-0.4, -0.2) is 32.2 Å². The highest BCUT2D eigenvalue weighted by Crippen LogP contribution is 2.22. The lowest BCUT2D eigenvalue weighted by atomic mass is 10.4. The number of hydrogen-bond donors (Lipinski definition) is 2. The number of nitrogens with one attached hydrogen (secondary N) is 2. The number of rotatable bonds is 6. The molecule has 3 rings (SSSR count). The van der Waals surface area contributed by atoms with Crippen LogP contribution in [0.4, 0.5) is 5.13 Å². The minimum atomic E-state index is -0.140. The maximum atomic E-state index is 12.1. The second kappa shape index (κ2) is 6.88. The molecule has 3 aromatic rings. The third-order valence-electron chi connectivity index (χ3n) is 2.97. The first-order chi connectivity index (χ1) is 11.2. The third kappa shape index (κ3) is 3.74. The summed E-state index contributed by atoms with van der Waals surface area (Å²) in [5, 5.41) is 13.8. The van der Waals surface area contributed by atoms with Gasteiger partial charge in [-0.05, 0) is 13.0 Å². The van der Waals surface area contributed by atoms with E-state index in [0.717, 1.165) is 28.1 Å². The Morgan fingerprint density at radius 3 is 3.04 bits per heavy atom. The van der Waals surface area contributed by atoms with Gasteiger partial charge in [-0.1, -0.05) is 11.3 Å². The molecule has 23 heavy (non-hydrogen) atoms. The predicted molar refractivity (Wildman–Crippen MR) is 91.8 cm³/mol. The average Bonchev–Trinajstić information content (AvgIpc) is 3.25. The molecule has 2 N–H and O–H groups in total. The summed E-state index contributed by atoms with van der Waals surface area (Å²) >= 11 is 2.86. The summed E-state index contributed by atoms with van der Waals surface area (Å²) in [6, 6.07) is 1.92. The Hall–Kier alpha value is -2.26. The maximum absolute atomic E-state index is 12.1. The van der Waals surface area contributed by atoms with Crippen molar-refractivity contribution in [2.75, 3.05) is 11.9 Å². The van der Waals surface area contributed by atoms with Gasteiger partial charge in [0.15, 0.2) is 5.13 Å². The van der Waals surface area contributed by atoms with Gasteiger partial charge in [0.25, 0.3) is 5.91 Å². The standard InChI is InChI=1S/C14H16N6OS2/c1-3-15-14-17-7-11(23-14)12(21)16-6-9-8-22-13(18-9)10-4-5-20(2)19-10/h4-5,7-8H,3,6H2,1-2H3,(H,15,17)(H,16,21). The van der Waals surface area contributed by atoms with E-state index in [4.69, 9.17) is 0 Å².